The minimum atomic E-state index is -0.978. The molecular weight excluding hydrogens is 244 g/mol. The van der Waals surface area contributed by atoms with Crippen molar-refractivity contribution in [2.45, 2.75) is 18.0 Å². The van der Waals surface area contributed by atoms with E-state index in [1.54, 1.807) is 34.7 Å². The summed E-state index contributed by atoms with van der Waals surface area (Å²) in [6, 6.07) is 0. The van der Waals surface area contributed by atoms with Gasteiger partial charge in [-0.2, -0.15) is 0 Å². The molecule has 0 N–H and O–H groups in total. The molecule has 58 valence electrons. The minimum absolute atomic E-state index is 0.519. The Kier molecular flexibility index (Phi) is 5.87. The molecule has 0 aliphatic rings. The predicted octanol–water partition coefficient (Wildman–Crippen LogP) is 2.75. The van der Waals surface area contributed by atoms with Crippen LogP contribution in [0.1, 0.15) is 13.8 Å². The zero-order valence-corrected chi connectivity index (χ0v) is 8.30. The number of hydrogen-bond acceptors (Lipinski definition) is 1. The van der Waals surface area contributed by atoms with E-state index in [4.69, 9.17) is 0 Å². The van der Waals surface area contributed by atoms with Crippen LogP contribution >= 0.6 is 22.6 Å². The molecule has 1 nitrogen and oxygen atoms in total. The maximum atomic E-state index is 12.5. The molecule has 0 rings (SSSR count). The number of alkyl halides is 2. The second-order valence-corrected chi connectivity index (χ2v) is 2.79. The smallest absolute Gasteiger partial charge is 0.192 e. The lowest BCUT2D eigenvalue weighted by Gasteiger charge is -1.97. The highest BCUT2D eigenvalue weighted by atomic mass is 127. The number of rotatable bonds is 3. The molecule has 10 heavy (non-hydrogen) atoms. The number of aliphatic imine (C=N–C) groups is 1. The van der Waals surface area contributed by atoms with Crippen molar-refractivity contribution in [2.75, 3.05) is 6.54 Å². The molecule has 3 heteroatoms. The van der Waals surface area contributed by atoms with Crippen LogP contribution in [0, 0.1) is 0 Å². The standard InChI is InChI=1S/C7H11FIN/c1-3-5-6(7(8)9)10-4-2/h3,5,7H,4H2,1-2H3/b5-3-,10-6+. The van der Waals surface area contributed by atoms with Crippen molar-refractivity contribution < 1.29 is 4.39 Å². The van der Waals surface area contributed by atoms with Gasteiger partial charge >= 0.3 is 0 Å². The van der Waals surface area contributed by atoms with Gasteiger partial charge in [-0.3, -0.25) is 4.99 Å². The highest BCUT2D eigenvalue weighted by Crippen LogP contribution is 2.05. The normalized spacial score (nSPS) is 16.2. The predicted molar refractivity (Wildman–Crippen MR) is 51.7 cm³/mol. The lowest BCUT2D eigenvalue weighted by Crippen LogP contribution is -2.04. The summed E-state index contributed by atoms with van der Waals surface area (Å²) in [4.78, 5) is 3.96. The fourth-order valence-electron chi connectivity index (χ4n) is 0.548. The van der Waals surface area contributed by atoms with Gasteiger partial charge in [-0.1, -0.05) is 6.08 Å². The van der Waals surface area contributed by atoms with Crippen LogP contribution in [0.3, 0.4) is 0 Å². The monoisotopic (exact) mass is 255 g/mol. The Morgan fingerprint density at radius 2 is 2.40 bits per heavy atom. The average molecular weight is 255 g/mol. The van der Waals surface area contributed by atoms with Crippen molar-refractivity contribution in [3.8, 4) is 0 Å². The van der Waals surface area contributed by atoms with E-state index in [-0.39, 0.29) is 0 Å². The maximum absolute atomic E-state index is 12.5. The molecule has 0 spiro atoms. The van der Waals surface area contributed by atoms with Gasteiger partial charge in [-0.25, -0.2) is 4.39 Å². The van der Waals surface area contributed by atoms with Gasteiger partial charge in [0.2, 0.25) is 0 Å². The number of allylic oxidation sites excluding steroid dienone is 2. The van der Waals surface area contributed by atoms with E-state index in [0.29, 0.717) is 12.3 Å². The molecule has 0 aromatic carbocycles. The van der Waals surface area contributed by atoms with Crippen LogP contribution in [0.15, 0.2) is 17.1 Å². The van der Waals surface area contributed by atoms with Crippen molar-refractivity contribution in [1.82, 2.24) is 0 Å². The molecule has 1 unspecified atom stereocenters. The van der Waals surface area contributed by atoms with Crippen LogP contribution in [0.2, 0.25) is 0 Å². The van der Waals surface area contributed by atoms with Crippen molar-refractivity contribution in [1.29, 1.82) is 0 Å². The van der Waals surface area contributed by atoms with Crippen molar-refractivity contribution >= 4 is 28.3 Å². The lowest BCUT2D eigenvalue weighted by molar-refractivity contribution is 0.560. The molecule has 0 fully saturated rings. The van der Waals surface area contributed by atoms with Crippen molar-refractivity contribution in [2.24, 2.45) is 4.99 Å². The summed E-state index contributed by atoms with van der Waals surface area (Å²) < 4.78 is 11.6. The Hall–Kier alpha value is 0.0700. The molecule has 0 aromatic heterocycles. The topological polar surface area (TPSA) is 12.4 Å². The number of hydrogen-bond donors (Lipinski definition) is 0. The summed E-state index contributed by atoms with van der Waals surface area (Å²) in [7, 11) is 0. The van der Waals surface area contributed by atoms with Gasteiger partial charge in [-0.05, 0) is 42.5 Å². The molecule has 0 amide bonds. The Balaban J connectivity index is 4.11. The molecule has 0 aliphatic carbocycles. The fourth-order valence-corrected chi connectivity index (χ4v) is 0.952. The largest absolute Gasteiger partial charge is 0.286 e. The fraction of sp³-hybridized carbons (Fsp3) is 0.571. The van der Waals surface area contributed by atoms with Gasteiger partial charge in [0.15, 0.2) is 4.18 Å². The van der Waals surface area contributed by atoms with Gasteiger partial charge in [0.05, 0.1) is 5.71 Å². The third-order valence-corrected chi connectivity index (χ3v) is 1.54. The average Bonchev–Trinajstić information content (AvgIpc) is 1.87. The molecule has 0 radical (unpaired) electrons. The van der Waals surface area contributed by atoms with Gasteiger partial charge in [0.25, 0.3) is 0 Å². The second kappa shape index (κ2) is 5.82. The first-order chi connectivity index (χ1) is 4.72. The van der Waals surface area contributed by atoms with E-state index in [2.05, 4.69) is 4.99 Å². The number of nitrogens with zero attached hydrogens (tertiary/aromatic N) is 1. The van der Waals surface area contributed by atoms with E-state index in [1.165, 1.54) is 0 Å². The van der Waals surface area contributed by atoms with Crippen LogP contribution in [-0.4, -0.2) is 16.4 Å². The Labute approximate surface area is 74.6 Å². The van der Waals surface area contributed by atoms with E-state index in [0.717, 1.165) is 0 Å². The summed E-state index contributed by atoms with van der Waals surface area (Å²) in [5, 5.41) is 0. The quantitative estimate of drug-likeness (QED) is 0.417. The Bertz CT molecular complexity index is 141. The summed E-state index contributed by atoms with van der Waals surface area (Å²) in [6.07, 6.45) is 3.49. The molecule has 1 atom stereocenters. The molecular formula is C7H11FIN. The van der Waals surface area contributed by atoms with Crippen LogP contribution < -0.4 is 0 Å². The van der Waals surface area contributed by atoms with Gasteiger partial charge in [-0.15, -0.1) is 0 Å². The summed E-state index contributed by atoms with van der Waals surface area (Å²) in [5.41, 5.74) is 0.519. The molecule has 0 heterocycles. The Morgan fingerprint density at radius 3 is 2.70 bits per heavy atom. The summed E-state index contributed by atoms with van der Waals surface area (Å²) in [6.45, 7) is 4.38. The van der Waals surface area contributed by atoms with Crippen LogP contribution in [-0.2, 0) is 0 Å². The molecule has 0 saturated carbocycles. The van der Waals surface area contributed by atoms with E-state index >= 15 is 0 Å². The lowest BCUT2D eigenvalue weighted by atomic mass is 10.3. The minimum Gasteiger partial charge on any atom is -0.286 e. The molecule has 0 saturated heterocycles. The van der Waals surface area contributed by atoms with E-state index < -0.39 is 4.18 Å². The van der Waals surface area contributed by atoms with Crippen LogP contribution in [0.25, 0.3) is 0 Å². The highest BCUT2D eigenvalue weighted by Gasteiger charge is 2.04. The zero-order chi connectivity index (χ0) is 7.98. The maximum Gasteiger partial charge on any atom is 0.192 e. The van der Waals surface area contributed by atoms with Crippen LogP contribution in [0.5, 0.6) is 0 Å². The molecule has 0 bridgehead atoms. The molecule has 0 aromatic rings. The third kappa shape index (κ3) is 3.98. The Morgan fingerprint density at radius 1 is 1.80 bits per heavy atom. The van der Waals surface area contributed by atoms with E-state index in [1.807, 2.05) is 13.8 Å². The SMILES string of the molecule is C/C=C\C(=N/CC)C(F)I. The first-order valence-electron chi connectivity index (χ1n) is 3.17. The second-order valence-electron chi connectivity index (χ2n) is 1.70. The van der Waals surface area contributed by atoms with Crippen LogP contribution in [0.4, 0.5) is 4.39 Å². The summed E-state index contributed by atoms with van der Waals surface area (Å²) >= 11 is 1.70. The van der Waals surface area contributed by atoms with E-state index in [9.17, 15) is 4.39 Å². The van der Waals surface area contributed by atoms with Crippen molar-refractivity contribution in [3.63, 3.8) is 0 Å². The highest BCUT2D eigenvalue weighted by molar-refractivity contribution is 14.1. The number of halogens is 2. The summed E-state index contributed by atoms with van der Waals surface area (Å²) in [5.74, 6) is 0. The zero-order valence-electron chi connectivity index (χ0n) is 6.14. The third-order valence-electron chi connectivity index (χ3n) is 0.902. The van der Waals surface area contributed by atoms with Crippen molar-refractivity contribution in [3.05, 3.63) is 12.2 Å². The van der Waals surface area contributed by atoms with Gasteiger partial charge < -0.3 is 0 Å². The van der Waals surface area contributed by atoms with Gasteiger partial charge in [0, 0.05) is 6.54 Å². The van der Waals surface area contributed by atoms with Gasteiger partial charge in [0.1, 0.15) is 0 Å². The first-order valence-corrected chi connectivity index (χ1v) is 4.42. The first kappa shape index (κ1) is 10.1. The molecule has 0 aliphatic heterocycles.